The van der Waals surface area contributed by atoms with E-state index in [1.807, 2.05) is 43.3 Å². The molecule has 0 radical (unpaired) electrons. The minimum atomic E-state index is -0.220. The van der Waals surface area contributed by atoms with Crippen molar-refractivity contribution in [3.05, 3.63) is 89.4 Å². The van der Waals surface area contributed by atoms with E-state index < -0.39 is 0 Å². The van der Waals surface area contributed by atoms with Gasteiger partial charge in [-0.25, -0.2) is 9.97 Å². The van der Waals surface area contributed by atoms with Crippen LogP contribution in [0.15, 0.2) is 67.0 Å². The van der Waals surface area contributed by atoms with Gasteiger partial charge < -0.3 is 10.6 Å². The maximum Gasteiger partial charge on any atom is 0.270 e. The zero-order valence-electron chi connectivity index (χ0n) is 14.9. The van der Waals surface area contributed by atoms with Crippen LogP contribution in [0.1, 0.15) is 40.1 Å². The molecule has 1 amide bonds. The second-order valence-electron chi connectivity index (χ2n) is 6.24. The van der Waals surface area contributed by atoms with Crippen LogP contribution in [-0.4, -0.2) is 15.9 Å². The summed E-state index contributed by atoms with van der Waals surface area (Å²) in [6.07, 6.45) is 1.40. The third kappa shape index (κ3) is 4.66. The van der Waals surface area contributed by atoms with Crippen molar-refractivity contribution in [2.24, 2.45) is 0 Å². The SMILES string of the molecule is Cc1cccc(CNc2cc(C(=O)NC(C)c3ccccc3)ncn2)c1. The van der Waals surface area contributed by atoms with E-state index in [1.54, 1.807) is 6.07 Å². The van der Waals surface area contributed by atoms with Crippen LogP contribution in [0.4, 0.5) is 5.82 Å². The number of nitrogens with zero attached hydrogens (tertiary/aromatic N) is 2. The minimum absolute atomic E-state index is 0.0950. The van der Waals surface area contributed by atoms with Gasteiger partial charge in [0, 0.05) is 12.6 Å². The summed E-state index contributed by atoms with van der Waals surface area (Å²) in [6, 6.07) is 19.7. The van der Waals surface area contributed by atoms with Gasteiger partial charge in [-0.15, -0.1) is 0 Å². The summed E-state index contributed by atoms with van der Waals surface area (Å²) in [5.74, 6) is 0.404. The third-order valence-electron chi connectivity index (χ3n) is 4.10. The molecular formula is C21H22N4O. The lowest BCUT2D eigenvalue weighted by Gasteiger charge is -2.14. The fourth-order valence-corrected chi connectivity index (χ4v) is 2.69. The Balaban J connectivity index is 1.63. The normalized spacial score (nSPS) is 11.6. The summed E-state index contributed by atoms with van der Waals surface area (Å²) in [7, 11) is 0. The van der Waals surface area contributed by atoms with Crippen molar-refractivity contribution in [2.45, 2.75) is 26.4 Å². The lowest BCUT2D eigenvalue weighted by molar-refractivity contribution is 0.0934. The van der Waals surface area contributed by atoms with E-state index in [2.05, 4.69) is 45.7 Å². The molecule has 3 rings (SSSR count). The van der Waals surface area contributed by atoms with E-state index in [0.717, 1.165) is 11.1 Å². The Kier molecular flexibility index (Phi) is 5.59. The van der Waals surface area contributed by atoms with Gasteiger partial charge in [-0.3, -0.25) is 4.79 Å². The molecule has 0 saturated carbocycles. The highest BCUT2D eigenvalue weighted by atomic mass is 16.1. The van der Waals surface area contributed by atoms with Gasteiger partial charge in [0.15, 0.2) is 0 Å². The van der Waals surface area contributed by atoms with E-state index in [-0.39, 0.29) is 11.9 Å². The molecule has 0 fully saturated rings. The van der Waals surface area contributed by atoms with Crippen molar-refractivity contribution in [2.75, 3.05) is 5.32 Å². The Labute approximate surface area is 153 Å². The van der Waals surface area contributed by atoms with Crippen LogP contribution in [0.3, 0.4) is 0 Å². The Morgan fingerprint density at radius 2 is 1.85 bits per heavy atom. The molecule has 0 bridgehead atoms. The molecule has 0 aliphatic carbocycles. The smallest absolute Gasteiger partial charge is 0.270 e. The van der Waals surface area contributed by atoms with Crippen molar-refractivity contribution in [1.29, 1.82) is 0 Å². The summed E-state index contributed by atoms with van der Waals surface area (Å²) in [4.78, 5) is 20.8. The number of aromatic nitrogens is 2. The zero-order valence-corrected chi connectivity index (χ0v) is 14.9. The Bertz CT molecular complexity index is 880. The highest BCUT2D eigenvalue weighted by Gasteiger charge is 2.13. The van der Waals surface area contributed by atoms with Crippen molar-refractivity contribution in [1.82, 2.24) is 15.3 Å². The van der Waals surface area contributed by atoms with E-state index in [0.29, 0.717) is 18.1 Å². The quantitative estimate of drug-likeness (QED) is 0.711. The molecule has 1 aromatic heterocycles. The maximum absolute atomic E-state index is 12.5. The number of hydrogen-bond acceptors (Lipinski definition) is 4. The van der Waals surface area contributed by atoms with Gasteiger partial charge in [0.2, 0.25) is 0 Å². The molecule has 2 N–H and O–H groups in total. The van der Waals surface area contributed by atoms with E-state index >= 15 is 0 Å². The summed E-state index contributed by atoms with van der Waals surface area (Å²) < 4.78 is 0. The molecule has 1 heterocycles. The number of hydrogen-bond donors (Lipinski definition) is 2. The fraction of sp³-hybridized carbons (Fsp3) is 0.190. The first-order valence-corrected chi connectivity index (χ1v) is 8.59. The fourth-order valence-electron chi connectivity index (χ4n) is 2.69. The lowest BCUT2D eigenvalue weighted by Crippen LogP contribution is -2.27. The van der Waals surface area contributed by atoms with Crippen molar-refractivity contribution in [3.8, 4) is 0 Å². The van der Waals surface area contributed by atoms with Gasteiger partial charge in [0.1, 0.15) is 17.8 Å². The Morgan fingerprint density at radius 3 is 2.62 bits per heavy atom. The summed E-state index contributed by atoms with van der Waals surface area (Å²) in [5.41, 5.74) is 3.76. The van der Waals surface area contributed by atoms with Crippen molar-refractivity contribution in [3.63, 3.8) is 0 Å². The molecule has 2 aromatic carbocycles. The monoisotopic (exact) mass is 346 g/mol. The highest BCUT2D eigenvalue weighted by molar-refractivity contribution is 5.93. The Morgan fingerprint density at radius 1 is 1.04 bits per heavy atom. The second kappa shape index (κ2) is 8.25. The van der Waals surface area contributed by atoms with Gasteiger partial charge in [-0.05, 0) is 25.0 Å². The number of carbonyl (C=O) groups is 1. The molecule has 1 unspecified atom stereocenters. The number of rotatable bonds is 6. The van der Waals surface area contributed by atoms with Crippen LogP contribution in [0, 0.1) is 6.92 Å². The average Bonchev–Trinajstić information content (AvgIpc) is 2.67. The average molecular weight is 346 g/mol. The highest BCUT2D eigenvalue weighted by Crippen LogP contribution is 2.13. The minimum Gasteiger partial charge on any atom is -0.366 e. The van der Waals surface area contributed by atoms with Gasteiger partial charge in [-0.1, -0.05) is 60.2 Å². The standard InChI is InChI=1S/C21H22N4O/c1-15-7-6-8-17(11-15)13-22-20-12-19(23-14-24-20)21(26)25-16(2)18-9-4-3-5-10-18/h3-12,14,16H,13H2,1-2H3,(H,25,26)(H,22,23,24). The number of nitrogens with one attached hydrogen (secondary N) is 2. The lowest BCUT2D eigenvalue weighted by atomic mass is 10.1. The van der Waals surface area contributed by atoms with Gasteiger partial charge >= 0.3 is 0 Å². The largest absolute Gasteiger partial charge is 0.366 e. The Hall–Kier alpha value is -3.21. The van der Waals surface area contributed by atoms with Crippen LogP contribution in [0.5, 0.6) is 0 Å². The first kappa shape index (κ1) is 17.6. The summed E-state index contributed by atoms with van der Waals surface area (Å²) >= 11 is 0. The predicted octanol–water partition coefficient (Wildman–Crippen LogP) is 3.89. The molecule has 5 nitrogen and oxygen atoms in total. The van der Waals surface area contributed by atoms with Gasteiger partial charge in [-0.2, -0.15) is 0 Å². The number of benzene rings is 2. The topological polar surface area (TPSA) is 66.9 Å². The van der Waals surface area contributed by atoms with E-state index in [4.69, 9.17) is 0 Å². The van der Waals surface area contributed by atoms with Crippen molar-refractivity contribution >= 4 is 11.7 Å². The number of amides is 1. The van der Waals surface area contributed by atoms with Crippen LogP contribution in [0.2, 0.25) is 0 Å². The van der Waals surface area contributed by atoms with Gasteiger partial charge in [0.25, 0.3) is 5.91 Å². The first-order valence-electron chi connectivity index (χ1n) is 8.59. The summed E-state index contributed by atoms with van der Waals surface area (Å²) in [5, 5.41) is 6.20. The van der Waals surface area contributed by atoms with E-state index in [9.17, 15) is 4.79 Å². The van der Waals surface area contributed by atoms with Crippen molar-refractivity contribution < 1.29 is 4.79 Å². The molecule has 5 heteroatoms. The number of anilines is 1. The maximum atomic E-state index is 12.5. The zero-order chi connectivity index (χ0) is 18.4. The molecule has 0 aliphatic rings. The van der Waals surface area contributed by atoms with Crippen LogP contribution < -0.4 is 10.6 Å². The van der Waals surface area contributed by atoms with Gasteiger partial charge in [0.05, 0.1) is 6.04 Å². The molecule has 26 heavy (non-hydrogen) atoms. The van der Waals surface area contributed by atoms with Crippen LogP contribution >= 0.6 is 0 Å². The summed E-state index contributed by atoms with van der Waals surface area (Å²) in [6.45, 7) is 4.65. The molecule has 132 valence electrons. The first-order chi connectivity index (χ1) is 12.6. The second-order valence-corrected chi connectivity index (χ2v) is 6.24. The molecule has 0 saturated heterocycles. The third-order valence-corrected chi connectivity index (χ3v) is 4.10. The number of aryl methyl sites for hydroxylation is 1. The molecular weight excluding hydrogens is 324 g/mol. The van der Waals surface area contributed by atoms with E-state index in [1.165, 1.54) is 11.9 Å². The molecule has 3 aromatic rings. The molecule has 1 atom stereocenters. The predicted molar refractivity (Wildman–Crippen MR) is 103 cm³/mol. The molecule has 0 spiro atoms. The van der Waals surface area contributed by atoms with Crippen LogP contribution in [0.25, 0.3) is 0 Å². The van der Waals surface area contributed by atoms with Crippen LogP contribution in [-0.2, 0) is 6.54 Å². The molecule has 0 aliphatic heterocycles. The number of carbonyl (C=O) groups excluding carboxylic acids is 1.